The van der Waals surface area contributed by atoms with Crippen molar-refractivity contribution in [3.05, 3.63) is 28.2 Å². The topological polar surface area (TPSA) is 44.8 Å². The molecule has 0 amide bonds. The Balaban J connectivity index is 2.90. The Hall–Kier alpha value is -1.75. The molecule has 4 nitrogen and oxygen atoms in total. The first-order chi connectivity index (χ1) is 9.49. The number of hydrogen-bond acceptors (Lipinski definition) is 4. The molecular weight excluding hydrogens is 324 g/mol. The number of halogens is 1. The molecule has 2 rings (SSSR count). The molecule has 0 spiro atoms. The van der Waals surface area contributed by atoms with E-state index in [0.29, 0.717) is 21.4 Å². The van der Waals surface area contributed by atoms with Crippen LogP contribution in [-0.2, 0) is 4.79 Å². The number of hydrogen-bond donors (Lipinski definition) is 0. The number of carbonyl (C=O) groups is 1. The molecule has 0 atom stereocenters. The number of fused-ring (bicyclic) bond motifs is 1. The lowest BCUT2D eigenvalue weighted by atomic mass is 10.0. The summed E-state index contributed by atoms with van der Waals surface area (Å²) in [5.41, 5.74) is 0.952. The monoisotopic (exact) mass is 338 g/mol. The Kier molecular flexibility index (Phi) is 4.18. The second kappa shape index (κ2) is 5.71. The summed E-state index contributed by atoms with van der Waals surface area (Å²) in [4.78, 5) is 11.3. The molecule has 0 aromatic heterocycles. The summed E-state index contributed by atoms with van der Waals surface area (Å²) in [7, 11) is 3.20. The van der Waals surface area contributed by atoms with Gasteiger partial charge in [0.2, 0.25) is 0 Å². The minimum absolute atomic E-state index is 0.389. The van der Waals surface area contributed by atoms with E-state index in [1.54, 1.807) is 14.2 Å². The van der Waals surface area contributed by atoms with Crippen LogP contribution in [0.1, 0.15) is 12.5 Å². The second-order valence-corrected chi connectivity index (χ2v) is 5.18. The van der Waals surface area contributed by atoms with Crippen molar-refractivity contribution in [1.29, 1.82) is 0 Å². The Labute approximate surface area is 125 Å². The molecule has 0 N–H and O–H groups in total. The molecule has 0 aliphatic rings. The maximum atomic E-state index is 11.3. The molecule has 2 aromatic rings. The first kappa shape index (κ1) is 14.7. The molecule has 2 aromatic carbocycles. The Morgan fingerprint density at radius 1 is 1.15 bits per heavy atom. The van der Waals surface area contributed by atoms with Gasteiger partial charge in [0.25, 0.3) is 0 Å². The van der Waals surface area contributed by atoms with E-state index < -0.39 is 0 Å². The first-order valence-electron chi connectivity index (χ1n) is 6.01. The van der Waals surface area contributed by atoms with E-state index in [1.807, 2.05) is 25.1 Å². The van der Waals surface area contributed by atoms with Gasteiger partial charge in [0.1, 0.15) is 11.5 Å². The summed E-state index contributed by atoms with van der Waals surface area (Å²) in [6.45, 7) is 3.30. The van der Waals surface area contributed by atoms with Crippen LogP contribution in [0.25, 0.3) is 10.8 Å². The van der Waals surface area contributed by atoms with Crippen LogP contribution in [0.15, 0.2) is 22.7 Å². The van der Waals surface area contributed by atoms with Gasteiger partial charge in [-0.25, -0.2) is 0 Å². The lowest BCUT2D eigenvalue weighted by Gasteiger charge is -2.16. The highest BCUT2D eigenvalue weighted by atomic mass is 79.9. The quantitative estimate of drug-likeness (QED) is 0.629. The van der Waals surface area contributed by atoms with Crippen molar-refractivity contribution >= 4 is 32.7 Å². The van der Waals surface area contributed by atoms with E-state index in [2.05, 4.69) is 15.9 Å². The fourth-order valence-corrected chi connectivity index (χ4v) is 2.62. The maximum absolute atomic E-state index is 11.3. The fraction of sp³-hybridized carbons (Fsp3) is 0.267. The van der Waals surface area contributed by atoms with Crippen molar-refractivity contribution in [3.8, 4) is 17.2 Å². The van der Waals surface area contributed by atoms with Gasteiger partial charge < -0.3 is 14.2 Å². The van der Waals surface area contributed by atoms with Crippen molar-refractivity contribution in [2.24, 2.45) is 0 Å². The number of rotatable bonds is 3. The summed E-state index contributed by atoms with van der Waals surface area (Å²) in [6.07, 6.45) is 0. The van der Waals surface area contributed by atoms with Crippen molar-refractivity contribution in [2.75, 3.05) is 14.2 Å². The van der Waals surface area contributed by atoms with E-state index in [9.17, 15) is 4.79 Å². The van der Waals surface area contributed by atoms with Crippen molar-refractivity contribution in [1.82, 2.24) is 0 Å². The molecule has 106 valence electrons. The van der Waals surface area contributed by atoms with Crippen LogP contribution >= 0.6 is 15.9 Å². The molecule has 0 bridgehead atoms. The third-order valence-corrected chi connectivity index (χ3v) is 3.60. The third kappa shape index (κ3) is 2.45. The van der Waals surface area contributed by atoms with Crippen LogP contribution in [0.2, 0.25) is 0 Å². The average molecular weight is 339 g/mol. The van der Waals surface area contributed by atoms with Gasteiger partial charge >= 0.3 is 5.97 Å². The molecule has 0 saturated heterocycles. The Morgan fingerprint density at radius 2 is 1.85 bits per heavy atom. The number of aryl methyl sites for hydroxylation is 1. The van der Waals surface area contributed by atoms with E-state index in [1.165, 1.54) is 6.92 Å². The summed E-state index contributed by atoms with van der Waals surface area (Å²) >= 11 is 3.40. The standard InChI is InChI=1S/C15H15BrO4/c1-8-7-12(18-3)13-10(14(8)19-4)5-6-11(16)15(13)20-9(2)17/h5-7H,1-4H3. The Bertz CT molecular complexity index is 679. The number of ether oxygens (including phenoxy) is 3. The zero-order valence-electron chi connectivity index (χ0n) is 11.7. The molecular formula is C15H15BrO4. The summed E-state index contributed by atoms with van der Waals surface area (Å²) < 4.78 is 16.9. The second-order valence-electron chi connectivity index (χ2n) is 4.32. The SMILES string of the molecule is COc1c(C)cc(OC)c2c(OC(C)=O)c(Br)ccc12. The number of esters is 1. The van der Waals surface area contributed by atoms with Crippen molar-refractivity contribution in [2.45, 2.75) is 13.8 Å². The molecule has 20 heavy (non-hydrogen) atoms. The first-order valence-corrected chi connectivity index (χ1v) is 6.81. The van der Waals surface area contributed by atoms with E-state index in [-0.39, 0.29) is 5.97 Å². The van der Waals surface area contributed by atoms with Gasteiger partial charge in [0, 0.05) is 12.3 Å². The van der Waals surface area contributed by atoms with Crippen LogP contribution in [0.4, 0.5) is 0 Å². The molecule has 5 heteroatoms. The minimum Gasteiger partial charge on any atom is -0.496 e. The lowest BCUT2D eigenvalue weighted by molar-refractivity contribution is -0.131. The van der Waals surface area contributed by atoms with E-state index >= 15 is 0 Å². The van der Waals surface area contributed by atoms with Crippen LogP contribution in [0.5, 0.6) is 17.2 Å². The summed E-state index contributed by atoms with van der Waals surface area (Å²) in [6, 6.07) is 5.59. The number of benzene rings is 2. The minimum atomic E-state index is -0.389. The van der Waals surface area contributed by atoms with E-state index in [0.717, 1.165) is 16.7 Å². The molecule has 0 aliphatic carbocycles. The lowest BCUT2D eigenvalue weighted by Crippen LogP contribution is -2.04. The van der Waals surface area contributed by atoms with Crippen LogP contribution in [-0.4, -0.2) is 20.2 Å². The predicted octanol–water partition coefficient (Wildman–Crippen LogP) is 3.85. The summed E-state index contributed by atoms with van der Waals surface area (Å²) in [5.74, 6) is 1.42. The van der Waals surface area contributed by atoms with Crippen LogP contribution < -0.4 is 14.2 Å². The highest BCUT2D eigenvalue weighted by Crippen LogP contribution is 2.44. The predicted molar refractivity (Wildman–Crippen MR) is 80.8 cm³/mol. The van der Waals surface area contributed by atoms with Gasteiger partial charge in [-0.2, -0.15) is 0 Å². The average Bonchev–Trinajstić information content (AvgIpc) is 2.40. The highest BCUT2D eigenvalue weighted by Gasteiger charge is 2.18. The van der Waals surface area contributed by atoms with E-state index in [4.69, 9.17) is 14.2 Å². The van der Waals surface area contributed by atoms with Gasteiger partial charge in [-0.05, 0) is 46.6 Å². The molecule has 0 unspecified atom stereocenters. The molecule has 0 aliphatic heterocycles. The third-order valence-electron chi connectivity index (χ3n) is 2.98. The van der Waals surface area contributed by atoms with Gasteiger partial charge in [0.05, 0.1) is 24.1 Å². The Morgan fingerprint density at radius 3 is 2.40 bits per heavy atom. The zero-order valence-corrected chi connectivity index (χ0v) is 13.3. The van der Waals surface area contributed by atoms with Crippen molar-refractivity contribution < 1.29 is 19.0 Å². The highest BCUT2D eigenvalue weighted by molar-refractivity contribution is 9.10. The van der Waals surface area contributed by atoms with Gasteiger partial charge in [-0.15, -0.1) is 0 Å². The zero-order chi connectivity index (χ0) is 14.9. The number of methoxy groups -OCH3 is 2. The molecule has 0 fully saturated rings. The fourth-order valence-electron chi connectivity index (χ4n) is 2.21. The molecule has 0 radical (unpaired) electrons. The normalized spacial score (nSPS) is 10.4. The smallest absolute Gasteiger partial charge is 0.308 e. The van der Waals surface area contributed by atoms with Crippen LogP contribution in [0, 0.1) is 6.92 Å². The van der Waals surface area contributed by atoms with Gasteiger partial charge in [0.15, 0.2) is 5.75 Å². The van der Waals surface area contributed by atoms with Gasteiger partial charge in [-0.1, -0.05) is 0 Å². The van der Waals surface area contributed by atoms with Crippen LogP contribution in [0.3, 0.4) is 0 Å². The molecule has 0 saturated carbocycles. The van der Waals surface area contributed by atoms with Crippen molar-refractivity contribution in [3.63, 3.8) is 0 Å². The largest absolute Gasteiger partial charge is 0.496 e. The summed E-state index contributed by atoms with van der Waals surface area (Å²) in [5, 5.41) is 1.54. The number of carbonyl (C=O) groups excluding carboxylic acids is 1. The van der Waals surface area contributed by atoms with Gasteiger partial charge in [-0.3, -0.25) is 4.79 Å². The molecule has 0 heterocycles. The maximum Gasteiger partial charge on any atom is 0.308 e.